The van der Waals surface area contributed by atoms with Crippen molar-refractivity contribution in [3.63, 3.8) is 0 Å². The summed E-state index contributed by atoms with van der Waals surface area (Å²) in [5.41, 5.74) is -0.931. The van der Waals surface area contributed by atoms with E-state index in [0.29, 0.717) is 12.8 Å². The summed E-state index contributed by atoms with van der Waals surface area (Å²) in [6, 6.07) is 4.90. The van der Waals surface area contributed by atoms with E-state index in [1.165, 1.54) is 23.1 Å². The summed E-state index contributed by atoms with van der Waals surface area (Å²) in [5.74, 6) is -1.68. The molecule has 2 N–H and O–H groups in total. The van der Waals surface area contributed by atoms with Gasteiger partial charge in [0.15, 0.2) is 0 Å². The summed E-state index contributed by atoms with van der Waals surface area (Å²) in [4.78, 5) is 26.6. The van der Waals surface area contributed by atoms with Gasteiger partial charge < -0.3 is 15.3 Å². The zero-order valence-electron chi connectivity index (χ0n) is 15.1. The summed E-state index contributed by atoms with van der Waals surface area (Å²) in [5, 5.41) is 13.1. The second-order valence-electron chi connectivity index (χ2n) is 7.30. The van der Waals surface area contributed by atoms with Gasteiger partial charge in [-0.15, -0.1) is 0 Å². The maximum atomic E-state index is 13.8. The van der Waals surface area contributed by atoms with Crippen LogP contribution in [0.5, 0.6) is 0 Å². The van der Waals surface area contributed by atoms with Crippen molar-refractivity contribution in [1.29, 1.82) is 0 Å². The van der Waals surface area contributed by atoms with E-state index in [1.807, 2.05) is 13.8 Å². The van der Waals surface area contributed by atoms with Crippen molar-refractivity contribution < 1.29 is 19.1 Å². The van der Waals surface area contributed by atoms with Crippen LogP contribution in [0.3, 0.4) is 0 Å². The van der Waals surface area contributed by atoms with Gasteiger partial charge in [0.25, 0.3) is 5.91 Å². The standard InChI is InChI=1S/C19H27FN2O3/c1-13(2)16(21-17(23)14-8-4-5-9-15(14)20)18(24)22(3)12-19(25)10-6-7-11-19/h4-5,8-9,13,16,25H,6-7,10-12H2,1-3H3,(H,21,23)/t16-/m0/s1. The second kappa shape index (κ2) is 7.95. The fraction of sp³-hybridized carbons (Fsp3) is 0.579. The molecule has 2 amide bonds. The van der Waals surface area contributed by atoms with Crippen molar-refractivity contribution in [1.82, 2.24) is 10.2 Å². The zero-order chi connectivity index (χ0) is 18.6. The lowest BCUT2D eigenvalue weighted by Gasteiger charge is -2.32. The molecule has 2 rings (SSSR count). The molecule has 0 spiro atoms. The summed E-state index contributed by atoms with van der Waals surface area (Å²) in [7, 11) is 1.63. The monoisotopic (exact) mass is 350 g/mol. The van der Waals surface area contributed by atoms with Gasteiger partial charge in [0.05, 0.1) is 11.2 Å². The molecule has 0 bridgehead atoms. The highest BCUT2D eigenvalue weighted by atomic mass is 19.1. The average molecular weight is 350 g/mol. The van der Waals surface area contributed by atoms with Crippen LogP contribution in [0, 0.1) is 11.7 Å². The van der Waals surface area contributed by atoms with Crippen molar-refractivity contribution in [2.45, 2.75) is 51.2 Å². The first-order chi connectivity index (χ1) is 11.7. The highest BCUT2D eigenvalue weighted by Gasteiger charge is 2.36. The van der Waals surface area contributed by atoms with Crippen molar-refractivity contribution in [2.75, 3.05) is 13.6 Å². The maximum absolute atomic E-state index is 13.8. The number of hydrogen-bond acceptors (Lipinski definition) is 3. The van der Waals surface area contributed by atoms with Gasteiger partial charge in [-0.05, 0) is 30.9 Å². The number of amides is 2. The molecule has 1 aliphatic carbocycles. The number of benzene rings is 1. The van der Waals surface area contributed by atoms with Gasteiger partial charge in [-0.3, -0.25) is 9.59 Å². The maximum Gasteiger partial charge on any atom is 0.254 e. The minimum atomic E-state index is -0.846. The van der Waals surface area contributed by atoms with Crippen LogP contribution in [0.15, 0.2) is 24.3 Å². The van der Waals surface area contributed by atoms with Crippen LogP contribution in [-0.2, 0) is 4.79 Å². The van der Waals surface area contributed by atoms with Crippen molar-refractivity contribution in [3.05, 3.63) is 35.6 Å². The molecule has 0 saturated heterocycles. The zero-order valence-corrected chi connectivity index (χ0v) is 15.1. The van der Waals surface area contributed by atoms with Crippen molar-refractivity contribution >= 4 is 11.8 Å². The van der Waals surface area contributed by atoms with Crippen LogP contribution in [0.4, 0.5) is 4.39 Å². The number of nitrogens with zero attached hydrogens (tertiary/aromatic N) is 1. The summed E-state index contributed by atoms with van der Waals surface area (Å²) < 4.78 is 13.8. The third-order valence-electron chi connectivity index (χ3n) is 4.78. The molecule has 0 radical (unpaired) electrons. The molecule has 5 nitrogen and oxygen atoms in total. The van der Waals surface area contributed by atoms with Gasteiger partial charge in [-0.25, -0.2) is 4.39 Å². The van der Waals surface area contributed by atoms with E-state index in [4.69, 9.17) is 0 Å². The Bertz CT molecular complexity index is 627. The Labute approximate surface area is 148 Å². The van der Waals surface area contributed by atoms with Crippen LogP contribution in [-0.4, -0.2) is 47.1 Å². The Morgan fingerprint density at radius 1 is 1.28 bits per heavy atom. The lowest BCUT2D eigenvalue weighted by atomic mass is 9.99. The van der Waals surface area contributed by atoms with Crippen molar-refractivity contribution in [2.24, 2.45) is 5.92 Å². The minimum absolute atomic E-state index is 0.0852. The van der Waals surface area contributed by atoms with Gasteiger partial charge in [0, 0.05) is 13.6 Å². The minimum Gasteiger partial charge on any atom is -0.388 e. The van der Waals surface area contributed by atoms with Crippen LogP contribution in [0.1, 0.15) is 49.9 Å². The first-order valence-corrected chi connectivity index (χ1v) is 8.76. The van der Waals surface area contributed by atoms with Crippen LogP contribution in [0.2, 0.25) is 0 Å². The van der Waals surface area contributed by atoms with E-state index in [2.05, 4.69) is 5.32 Å². The van der Waals surface area contributed by atoms with Gasteiger partial charge in [0.1, 0.15) is 11.9 Å². The number of halogens is 1. The topological polar surface area (TPSA) is 69.6 Å². The molecule has 0 aromatic heterocycles. The Hall–Kier alpha value is -1.95. The second-order valence-corrected chi connectivity index (χ2v) is 7.30. The normalized spacial score (nSPS) is 17.4. The lowest BCUT2D eigenvalue weighted by molar-refractivity contribution is -0.136. The molecule has 1 aromatic carbocycles. The third kappa shape index (κ3) is 4.78. The van der Waals surface area contributed by atoms with Gasteiger partial charge in [-0.1, -0.05) is 38.8 Å². The molecular weight excluding hydrogens is 323 g/mol. The molecule has 1 aliphatic rings. The number of nitrogens with one attached hydrogen (secondary N) is 1. The fourth-order valence-corrected chi connectivity index (χ4v) is 3.33. The highest BCUT2D eigenvalue weighted by Crippen LogP contribution is 2.30. The largest absolute Gasteiger partial charge is 0.388 e. The molecule has 1 saturated carbocycles. The van der Waals surface area contributed by atoms with E-state index >= 15 is 0 Å². The molecule has 138 valence electrons. The quantitative estimate of drug-likeness (QED) is 0.827. The number of hydrogen-bond donors (Lipinski definition) is 2. The number of carbonyl (C=O) groups is 2. The summed E-state index contributed by atoms with van der Waals surface area (Å²) in [6.07, 6.45) is 3.27. The average Bonchev–Trinajstić information content (AvgIpc) is 2.98. The number of aliphatic hydroxyl groups is 1. The molecule has 0 unspecified atom stereocenters. The summed E-state index contributed by atoms with van der Waals surface area (Å²) in [6.45, 7) is 3.88. The molecule has 6 heteroatoms. The van der Waals surface area contributed by atoms with Gasteiger partial charge in [0.2, 0.25) is 5.91 Å². The molecule has 1 aromatic rings. The van der Waals surface area contributed by atoms with E-state index in [9.17, 15) is 19.1 Å². The van der Waals surface area contributed by atoms with Gasteiger partial charge >= 0.3 is 0 Å². The summed E-state index contributed by atoms with van der Waals surface area (Å²) >= 11 is 0. The van der Waals surface area contributed by atoms with Crippen LogP contribution < -0.4 is 5.32 Å². The molecular formula is C19H27FN2O3. The Morgan fingerprint density at radius 3 is 2.44 bits per heavy atom. The SMILES string of the molecule is CC(C)[C@H](NC(=O)c1ccccc1F)C(=O)N(C)CC1(O)CCCC1. The molecule has 25 heavy (non-hydrogen) atoms. The predicted molar refractivity (Wildman–Crippen MR) is 93.5 cm³/mol. The lowest BCUT2D eigenvalue weighted by Crippen LogP contribution is -2.53. The molecule has 1 atom stereocenters. The molecule has 0 heterocycles. The van der Waals surface area contributed by atoms with E-state index in [0.717, 1.165) is 12.8 Å². The molecule has 0 aliphatic heterocycles. The number of likely N-dealkylation sites (N-methyl/N-ethyl adjacent to an activating group) is 1. The third-order valence-corrected chi connectivity index (χ3v) is 4.78. The van der Waals surface area contributed by atoms with E-state index in [1.54, 1.807) is 13.1 Å². The Kier molecular flexibility index (Phi) is 6.16. The van der Waals surface area contributed by atoms with Crippen LogP contribution in [0.25, 0.3) is 0 Å². The van der Waals surface area contributed by atoms with E-state index < -0.39 is 23.4 Å². The number of rotatable bonds is 6. The Balaban J connectivity index is 2.07. The Morgan fingerprint density at radius 2 is 1.88 bits per heavy atom. The molecule has 1 fully saturated rings. The first-order valence-electron chi connectivity index (χ1n) is 8.76. The van der Waals surface area contributed by atoms with E-state index in [-0.39, 0.29) is 23.9 Å². The first kappa shape index (κ1) is 19.4. The van der Waals surface area contributed by atoms with Crippen molar-refractivity contribution in [3.8, 4) is 0 Å². The smallest absolute Gasteiger partial charge is 0.254 e. The van der Waals surface area contributed by atoms with Gasteiger partial charge in [-0.2, -0.15) is 0 Å². The predicted octanol–water partition coefficient (Wildman–Crippen LogP) is 2.34. The fourth-order valence-electron chi connectivity index (χ4n) is 3.33. The highest BCUT2D eigenvalue weighted by molar-refractivity contribution is 5.97. The van der Waals surface area contributed by atoms with Crippen LogP contribution >= 0.6 is 0 Å². The number of carbonyl (C=O) groups excluding carboxylic acids is 2.